The number of ether oxygens (including phenoxy) is 1. The molecule has 0 saturated carbocycles. The van der Waals surface area contributed by atoms with Crippen molar-refractivity contribution in [1.29, 1.82) is 0 Å². The summed E-state index contributed by atoms with van der Waals surface area (Å²) in [5, 5.41) is 0.167. The maximum absolute atomic E-state index is 11.1. The fraction of sp³-hybridized carbons (Fsp3) is 0.700. The SMILES string of the molecule is COC(=O)CC(C)Sc1nc(C(C)C)ns1. The van der Waals surface area contributed by atoms with Gasteiger partial charge in [-0.2, -0.15) is 4.37 Å². The molecule has 0 N–H and O–H groups in total. The Kier molecular flexibility index (Phi) is 5.21. The lowest BCUT2D eigenvalue weighted by Gasteiger charge is -2.06. The van der Waals surface area contributed by atoms with Crippen molar-refractivity contribution in [1.82, 2.24) is 9.36 Å². The van der Waals surface area contributed by atoms with Gasteiger partial charge in [-0.3, -0.25) is 4.79 Å². The van der Waals surface area contributed by atoms with Gasteiger partial charge in [0.05, 0.1) is 13.5 Å². The summed E-state index contributed by atoms with van der Waals surface area (Å²) < 4.78 is 9.80. The molecule has 0 aliphatic rings. The Hall–Kier alpha value is -0.620. The maximum atomic E-state index is 11.1. The third-order valence-corrected chi connectivity index (χ3v) is 3.82. The minimum atomic E-state index is -0.186. The molecule has 0 radical (unpaired) electrons. The summed E-state index contributed by atoms with van der Waals surface area (Å²) in [6.07, 6.45) is 0.401. The van der Waals surface area contributed by atoms with Crippen LogP contribution >= 0.6 is 23.3 Å². The van der Waals surface area contributed by atoms with Crippen molar-refractivity contribution in [3.8, 4) is 0 Å². The molecular formula is C10H16N2O2S2. The van der Waals surface area contributed by atoms with Crippen LogP contribution in [0.15, 0.2) is 4.34 Å². The highest BCUT2D eigenvalue weighted by molar-refractivity contribution is 8.01. The number of rotatable bonds is 5. The quantitative estimate of drug-likeness (QED) is 0.602. The molecule has 1 aromatic rings. The number of esters is 1. The number of hydrogen-bond donors (Lipinski definition) is 0. The van der Waals surface area contributed by atoms with Crippen molar-refractivity contribution < 1.29 is 9.53 Å². The van der Waals surface area contributed by atoms with Gasteiger partial charge in [-0.05, 0) is 11.5 Å². The first kappa shape index (κ1) is 13.4. The average molecular weight is 260 g/mol. The summed E-state index contributed by atoms with van der Waals surface area (Å²) >= 11 is 2.96. The molecule has 4 nitrogen and oxygen atoms in total. The minimum absolute atomic E-state index is 0.167. The Bertz CT molecular complexity index is 352. The van der Waals surface area contributed by atoms with Crippen LogP contribution in [0, 0.1) is 0 Å². The summed E-state index contributed by atoms with van der Waals surface area (Å²) in [7, 11) is 1.40. The standard InChI is InChI=1S/C10H16N2O2S2/c1-6(2)9-11-10(16-12-9)15-7(3)5-8(13)14-4/h6-7H,5H2,1-4H3. The van der Waals surface area contributed by atoms with Gasteiger partial charge in [-0.15, -0.1) is 0 Å². The third-order valence-electron chi connectivity index (χ3n) is 1.92. The maximum Gasteiger partial charge on any atom is 0.306 e. The van der Waals surface area contributed by atoms with Crippen molar-refractivity contribution >= 4 is 29.3 Å². The number of hydrogen-bond acceptors (Lipinski definition) is 6. The molecule has 0 aliphatic heterocycles. The zero-order valence-electron chi connectivity index (χ0n) is 9.89. The van der Waals surface area contributed by atoms with E-state index in [9.17, 15) is 4.79 Å². The van der Waals surface area contributed by atoms with Crippen molar-refractivity contribution in [2.24, 2.45) is 0 Å². The second-order valence-electron chi connectivity index (χ2n) is 3.78. The van der Waals surface area contributed by atoms with Crippen molar-refractivity contribution in [3.05, 3.63) is 5.82 Å². The molecule has 0 aliphatic carbocycles. The van der Waals surface area contributed by atoms with Crippen LogP contribution in [-0.2, 0) is 9.53 Å². The van der Waals surface area contributed by atoms with Crippen LogP contribution in [0.4, 0.5) is 0 Å². The predicted octanol–water partition coefficient (Wildman–Crippen LogP) is 2.71. The lowest BCUT2D eigenvalue weighted by Crippen LogP contribution is -2.08. The highest BCUT2D eigenvalue weighted by atomic mass is 32.2. The van der Waals surface area contributed by atoms with Crippen LogP contribution in [0.2, 0.25) is 0 Å². The van der Waals surface area contributed by atoms with Crippen LogP contribution in [0.25, 0.3) is 0 Å². The molecule has 16 heavy (non-hydrogen) atoms. The van der Waals surface area contributed by atoms with Crippen molar-refractivity contribution in [2.45, 2.75) is 42.7 Å². The van der Waals surface area contributed by atoms with Gasteiger partial charge < -0.3 is 4.74 Å². The molecule has 6 heteroatoms. The highest BCUT2D eigenvalue weighted by Gasteiger charge is 2.14. The van der Waals surface area contributed by atoms with Gasteiger partial charge in [0, 0.05) is 11.2 Å². The first-order valence-corrected chi connectivity index (χ1v) is 6.75. The molecule has 0 spiro atoms. The Morgan fingerprint density at radius 3 is 2.69 bits per heavy atom. The van der Waals surface area contributed by atoms with E-state index in [1.54, 1.807) is 11.8 Å². The van der Waals surface area contributed by atoms with Crippen LogP contribution in [-0.4, -0.2) is 27.7 Å². The Labute approximate surface area is 104 Å². The summed E-state index contributed by atoms with van der Waals surface area (Å²) in [4.78, 5) is 15.5. The van der Waals surface area contributed by atoms with Gasteiger partial charge in [-0.25, -0.2) is 4.98 Å². The van der Waals surface area contributed by atoms with E-state index in [0.717, 1.165) is 10.2 Å². The molecule has 90 valence electrons. The monoisotopic (exact) mass is 260 g/mol. The van der Waals surface area contributed by atoms with Crippen LogP contribution < -0.4 is 0 Å². The summed E-state index contributed by atoms with van der Waals surface area (Å²) in [6.45, 7) is 6.11. The molecule has 1 aromatic heterocycles. The molecule has 1 heterocycles. The van der Waals surface area contributed by atoms with E-state index in [2.05, 4.69) is 27.9 Å². The predicted molar refractivity (Wildman–Crippen MR) is 66.0 cm³/mol. The number of aromatic nitrogens is 2. The molecule has 0 fully saturated rings. The third kappa shape index (κ3) is 4.09. The number of nitrogens with zero attached hydrogens (tertiary/aromatic N) is 2. The molecule has 0 aromatic carbocycles. The van der Waals surface area contributed by atoms with Gasteiger partial charge in [-0.1, -0.05) is 32.5 Å². The number of carbonyl (C=O) groups is 1. The van der Waals surface area contributed by atoms with E-state index in [0.29, 0.717) is 12.3 Å². The van der Waals surface area contributed by atoms with Gasteiger partial charge in [0.1, 0.15) is 5.82 Å². The zero-order valence-corrected chi connectivity index (χ0v) is 11.5. The molecule has 1 unspecified atom stereocenters. The Balaban J connectivity index is 2.49. The molecule has 0 saturated heterocycles. The second kappa shape index (κ2) is 6.20. The summed E-state index contributed by atoms with van der Waals surface area (Å²) in [5.74, 6) is 1.04. The van der Waals surface area contributed by atoms with E-state index >= 15 is 0 Å². The summed E-state index contributed by atoms with van der Waals surface area (Å²) in [6, 6.07) is 0. The van der Waals surface area contributed by atoms with E-state index < -0.39 is 0 Å². The first-order valence-electron chi connectivity index (χ1n) is 5.10. The molecule has 1 rings (SSSR count). The van der Waals surface area contributed by atoms with Gasteiger partial charge in [0.2, 0.25) is 0 Å². The number of carbonyl (C=O) groups excluding carboxylic acids is 1. The van der Waals surface area contributed by atoms with E-state index in [1.165, 1.54) is 18.6 Å². The van der Waals surface area contributed by atoms with Crippen LogP contribution in [0.5, 0.6) is 0 Å². The van der Waals surface area contributed by atoms with Gasteiger partial charge in [0.25, 0.3) is 0 Å². The lowest BCUT2D eigenvalue weighted by atomic mass is 10.2. The lowest BCUT2D eigenvalue weighted by molar-refractivity contribution is -0.140. The van der Waals surface area contributed by atoms with Crippen molar-refractivity contribution in [2.75, 3.05) is 7.11 Å². The molecule has 0 bridgehead atoms. The summed E-state index contributed by atoms with van der Waals surface area (Å²) in [5.41, 5.74) is 0. The Morgan fingerprint density at radius 1 is 1.50 bits per heavy atom. The molecule has 1 atom stereocenters. The van der Waals surface area contributed by atoms with E-state index in [1.807, 2.05) is 6.92 Å². The van der Waals surface area contributed by atoms with Crippen LogP contribution in [0.1, 0.15) is 38.9 Å². The van der Waals surface area contributed by atoms with Crippen LogP contribution in [0.3, 0.4) is 0 Å². The van der Waals surface area contributed by atoms with Gasteiger partial charge in [0.15, 0.2) is 4.34 Å². The molecule has 0 amide bonds. The zero-order chi connectivity index (χ0) is 12.1. The fourth-order valence-electron chi connectivity index (χ4n) is 1.03. The Morgan fingerprint density at radius 2 is 2.19 bits per heavy atom. The van der Waals surface area contributed by atoms with E-state index in [-0.39, 0.29) is 11.2 Å². The largest absolute Gasteiger partial charge is 0.469 e. The minimum Gasteiger partial charge on any atom is -0.469 e. The smallest absolute Gasteiger partial charge is 0.306 e. The van der Waals surface area contributed by atoms with Crippen molar-refractivity contribution in [3.63, 3.8) is 0 Å². The second-order valence-corrected chi connectivity index (χ2v) is 6.22. The highest BCUT2D eigenvalue weighted by Crippen LogP contribution is 2.28. The normalized spacial score (nSPS) is 12.8. The number of methoxy groups -OCH3 is 1. The van der Waals surface area contributed by atoms with E-state index in [4.69, 9.17) is 0 Å². The molecular weight excluding hydrogens is 244 g/mol. The first-order chi connectivity index (χ1) is 7.52. The van der Waals surface area contributed by atoms with Gasteiger partial charge >= 0.3 is 5.97 Å². The fourth-order valence-corrected chi connectivity index (χ4v) is 3.08. The average Bonchev–Trinajstić information content (AvgIpc) is 2.65. The topological polar surface area (TPSA) is 52.1 Å². The number of thioether (sulfide) groups is 1.